The third-order valence-corrected chi connectivity index (χ3v) is 8.90. The van der Waals surface area contributed by atoms with E-state index in [0.717, 1.165) is 17.5 Å². The van der Waals surface area contributed by atoms with Gasteiger partial charge in [-0.1, -0.05) is 37.6 Å². The van der Waals surface area contributed by atoms with E-state index in [1.54, 1.807) is 36.4 Å². The van der Waals surface area contributed by atoms with Gasteiger partial charge in [-0.2, -0.15) is 4.31 Å². The molecule has 206 valence electrons. The van der Waals surface area contributed by atoms with Gasteiger partial charge in [0.05, 0.1) is 4.90 Å². The molecule has 2 N–H and O–H groups in total. The maximum Gasteiger partial charge on any atom is 0.269 e. The minimum Gasteiger partial charge on any atom is -0.489 e. The van der Waals surface area contributed by atoms with Gasteiger partial charge in [-0.3, -0.25) is 20.4 Å². The SMILES string of the molecule is Cc1cc(OCc2ccc(C(=O)NNC(=O)c3ccc(S(=O)(=O)N4CC(C)CC(C)C4)cc3)cc2)ccc1Cl. The number of hydrogen-bond acceptors (Lipinski definition) is 5. The number of rotatable bonds is 7. The van der Waals surface area contributed by atoms with E-state index in [0.29, 0.717) is 47.9 Å². The normalized spacial score (nSPS) is 17.8. The highest BCUT2D eigenvalue weighted by Crippen LogP contribution is 2.27. The number of hydrazine groups is 1. The number of aryl methyl sites for hydroxylation is 1. The van der Waals surface area contributed by atoms with Gasteiger partial charge < -0.3 is 4.74 Å². The highest BCUT2D eigenvalue weighted by atomic mass is 35.5. The molecule has 4 rings (SSSR count). The maximum atomic E-state index is 13.0. The molecule has 1 aliphatic rings. The summed E-state index contributed by atoms with van der Waals surface area (Å²) in [5.41, 5.74) is 7.12. The summed E-state index contributed by atoms with van der Waals surface area (Å²) in [5, 5.41) is 0.673. The Labute approximate surface area is 234 Å². The number of sulfonamides is 1. The van der Waals surface area contributed by atoms with Crippen LogP contribution in [-0.2, 0) is 16.6 Å². The molecular weight excluding hydrogens is 538 g/mol. The molecule has 0 bridgehead atoms. The van der Waals surface area contributed by atoms with Crippen LogP contribution in [-0.4, -0.2) is 37.6 Å². The van der Waals surface area contributed by atoms with E-state index >= 15 is 0 Å². The van der Waals surface area contributed by atoms with Crippen LogP contribution in [0.5, 0.6) is 5.75 Å². The molecule has 1 saturated heterocycles. The first-order valence-corrected chi connectivity index (χ1v) is 14.5. The van der Waals surface area contributed by atoms with Crippen LogP contribution in [0.1, 0.15) is 52.1 Å². The Morgan fingerprint density at radius 2 is 1.44 bits per heavy atom. The largest absolute Gasteiger partial charge is 0.489 e. The fraction of sp³-hybridized carbons (Fsp3) is 0.310. The van der Waals surface area contributed by atoms with Crippen molar-refractivity contribution in [1.82, 2.24) is 15.2 Å². The Morgan fingerprint density at radius 3 is 1.97 bits per heavy atom. The number of piperidine rings is 1. The van der Waals surface area contributed by atoms with Crippen molar-refractivity contribution in [2.75, 3.05) is 13.1 Å². The van der Waals surface area contributed by atoms with E-state index in [4.69, 9.17) is 16.3 Å². The van der Waals surface area contributed by atoms with Gasteiger partial charge in [0.1, 0.15) is 12.4 Å². The van der Waals surface area contributed by atoms with Crippen LogP contribution in [0.2, 0.25) is 5.02 Å². The first-order valence-electron chi connectivity index (χ1n) is 12.7. The molecule has 3 aromatic carbocycles. The minimum absolute atomic E-state index is 0.139. The average molecular weight is 570 g/mol. The van der Waals surface area contributed by atoms with Crippen LogP contribution in [0.15, 0.2) is 71.6 Å². The molecule has 1 heterocycles. The van der Waals surface area contributed by atoms with Crippen LogP contribution in [0.25, 0.3) is 0 Å². The summed E-state index contributed by atoms with van der Waals surface area (Å²) in [6, 6.07) is 17.9. The zero-order valence-corrected chi connectivity index (χ0v) is 23.7. The first-order chi connectivity index (χ1) is 18.5. The maximum absolute atomic E-state index is 13.0. The molecule has 0 aliphatic carbocycles. The quantitative estimate of drug-likeness (QED) is 0.391. The molecule has 1 aliphatic heterocycles. The van der Waals surface area contributed by atoms with Crippen molar-refractivity contribution in [3.8, 4) is 5.75 Å². The standard InChI is InChI=1S/C29H32ClN3O5S/c1-19-14-20(2)17-33(16-19)39(36,37)26-11-8-24(9-12-26)29(35)32-31-28(34)23-6-4-22(5-7-23)18-38-25-10-13-27(30)21(3)15-25/h4-13,15,19-20H,14,16-18H2,1-3H3,(H,31,34)(H,32,35). The van der Waals surface area contributed by atoms with Gasteiger partial charge in [0.15, 0.2) is 0 Å². The first kappa shape index (κ1) is 28.6. The Kier molecular flexibility index (Phi) is 8.94. The molecule has 0 radical (unpaired) electrons. The van der Waals surface area contributed by atoms with E-state index in [1.165, 1.54) is 28.6 Å². The van der Waals surface area contributed by atoms with Gasteiger partial charge >= 0.3 is 0 Å². The van der Waals surface area contributed by atoms with Crippen molar-refractivity contribution in [3.63, 3.8) is 0 Å². The molecular formula is C29H32ClN3O5S. The van der Waals surface area contributed by atoms with E-state index < -0.39 is 21.8 Å². The average Bonchev–Trinajstić information content (AvgIpc) is 2.92. The van der Waals surface area contributed by atoms with Crippen molar-refractivity contribution >= 4 is 33.4 Å². The number of nitrogens with one attached hydrogen (secondary N) is 2. The van der Waals surface area contributed by atoms with Crippen LogP contribution in [0.4, 0.5) is 0 Å². The smallest absolute Gasteiger partial charge is 0.269 e. The number of benzene rings is 3. The summed E-state index contributed by atoms with van der Waals surface area (Å²) in [7, 11) is -3.64. The Morgan fingerprint density at radius 1 is 0.897 bits per heavy atom. The number of amides is 2. The molecule has 0 saturated carbocycles. The van der Waals surface area contributed by atoms with Crippen molar-refractivity contribution in [3.05, 3.63) is 94.0 Å². The molecule has 39 heavy (non-hydrogen) atoms. The summed E-state index contributed by atoms with van der Waals surface area (Å²) in [5.74, 6) is 0.232. The van der Waals surface area contributed by atoms with Crippen LogP contribution in [0, 0.1) is 18.8 Å². The van der Waals surface area contributed by atoms with Gasteiger partial charge in [0, 0.05) is 29.2 Å². The van der Waals surface area contributed by atoms with Crippen molar-refractivity contribution in [1.29, 1.82) is 0 Å². The molecule has 1 fully saturated rings. The topological polar surface area (TPSA) is 105 Å². The fourth-order valence-electron chi connectivity index (χ4n) is 4.61. The number of halogens is 1. The highest BCUT2D eigenvalue weighted by Gasteiger charge is 2.31. The van der Waals surface area contributed by atoms with E-state index in [1.807, 2.05) is 26.8 Å². The monoisotopic (exact) mass is 569 g/mol. The van der Waals surface area contributed by atoms with E-state index in [2.05, 4.69) is 10.9 Å². The van der Waals surface area contributed by atoms with E-state index in [9.17, 15) is 18.0 Å². The summed E-state index contributed by atoms with van der Waals surface area (Å²) in [6.45, 7) is 7.28. The lowest BCUT2D eigenvalue weighted by atomic mass is 9.94. The Hall–Kier alpha value is -3.40. The van der Waals surface area contributed by atoms with Crippen molar-refractivity contribution in [2.24, 2.45) is 11.8 Å². The molecule has 2 amide bonds. The molecule has 3 aromatic rings. The van der Waals surface area contributed by atoms with Crippen molar-refractivity contribution in [2.45, 2.75) is 38.7 Å². The third-order valence-electron chi connectivity index (χ3n) is 6.63. The van der Waals surface area contributed by atoms with Gasteiger partial charge in [-0.15, -0.1) is 0 Å². The van der Waals surface area contributed by atoms with Crippen LogP contribution in [0.3, 0.4) is 0 Å². The third kappa shape index (κ3) is 7.17. The summed E-state index contributed by atoms with van der Waals surface area (Å²) >= 11 is 6.04. The second-order valence-corrected chi connectivity index (χ2v) is 12.4. The van der Waals surface area contributed by atoms with Crippen LogP contribution < -0.4 is 15.6 Å². The predicted molar refractivity (Wildman–Crippen MR) is 150 cm³/mol. The number of carbonyl (C=O) groups excluding carboxylic acids is 2. The minimum atomic E-state index is -3.64. The number of nitrogens with zero attached hydrogens (tertiary/aromatic N) is 1. The predicted octanol–water partition coefficient (Wildman–Crippen LogP) is 4.97. The summed E-state index contributed by atoms with van der Waals surface area (Å²) in [6.07, 6.45) is 0.999. The highest BCUT2D eigenvalue weighted by molar-refractivity contribution is 7.89. The second-order valence-electron chi connectivity index (χ2n) is 10.1. The zero-order chi connectivity index (χ0) is 28.2. The molecule has 0 spiro atoms. The fourth-order valence-corrected chi connectivity index (χ4v) is 6.41. The molecule has 0 aromatic heterocycles. The lowest BCUT2D eigenvalue weighted by molar-refractivity contribution is 0.0846. The van der Waals surface area contributed by atoms with Gasteiger partial charge in [0.2, 0.25) is 10.0 Å². The van der Waals surface area contributed by atoms with E-state index in [-0.39, 0.29) is 10.5 Å². The summed E-state index contributed by atoms with van der Waals surface area (Å²) < 4.78 is 33.4. The number of hydrogen-bond donors (Lipinski definition) is 2. The number of carbonyl (C=O) groups is 2. The molecule has 2 unspecified atom stereocenters. The Bertz CT molecular complexity index is 1430. The lowest BCUT2D eigenvalue weighted by Gasteiger charge is -2.34. The molecule has 8 nitrogen and oxygen atoms in total. The van der Waals surface area contributed by atoms with Gasteiger partial charge in [-0.05, 0) is 90.9 Å². The Balaban J connectivity index is 1.29. The molecule has 10 heteroatoms. The van der Waals surface area contributed by atoms with Crippen LogP contribution >= 0.6 is 11.6 Å². The van der Waals surface area contributed by atoms with Gasteiger partial charge in [-0.25, -0.2) is 8.42 Å². The summed E-state index contributed by atoms with van der Waals surface area (Å²) in [4.78, 5) is 25.2. The van der Waals surface area contributed by atoms with Gasteiger partial charge in [0.25, 0.3) is 11.8 Å². The number of ether oxygens (including phenoxy) is 1. The second kappa shape index (κ2) is 12.2. The lowest BCUT2D eigenvalue weighted by Crippen LogP contribution is -2.42. The van der Waals surface area contributed by atoms with Crippen molar-refractivity contribution < 1.29 is 22.7 Å². The molecule has 2 atom stereocenters. The zero-order valence-electron chi connectivity index (χ0n) is 22.1.